The summed E-state index contributed by atoms with van der Waals surface area (Å²) in [6, 6.07) is 10.8. The van der Waals surface area contributed by atoms with Gasteiger partial charge in [0.05, 0.1) is 26.5 Å². The van der Waals surface area contributed by atoms with Gasteiger partial charge in [-0.1, -0.05) is 6.07 Å². The molecular weight excluding hydrogens is 270 g/mol. The standard InChI is InChI=1S/C16H19NO4/c1-19-10-8-17(12-15-7-4-9-21-15)16(18)13-5-3-6-14(11-13)20-2/h3-7,9,11H,8,10,12H2,1-2H3. The van der Waals surface area contributed by atoms with Gasteiger partial charge in [0.2, 0.25) is 0 Å². The number of rotatable bonds is 7. The summed E-state index contributed by atoms with van der Waals surface area (Å²) < 4.78 is 15.5. The van der Waals surface area contributed by atoms with E-state index in [1.54, 1.807) is 49.6 Å². The van der Waals surface area contributed by atoms with Gasteiger partial charge in [-0.2, -0.15) is 0 Å². The molecule has 0 aliphatic heterocycles. The van der Waals surface area contributed by atoms with Gasteiger partial charge in [0, 0.05) is 19.2 Å². The van der Waals surface area contributed by atoms with Crippen molar-refractivity contribution in [3.63, 3.8) is 0 Å². The maximum Gasteiger partial charge on any atom is 0.254 e. The minimum absolute atomic E-state index is 0.0812. The zero-order valence-electron chi connectivity index (χ0n) is 12.2. The summed E-state index contributed by atoms with van der Waals surface area (Å²) in [6.45, 7) is 1.37. The number of carbonyl (C=O) groups excluding carboxylic acids is 1. The summed E-state index contributed by atoms with van der Waals surface area (Å²) in [5, 5.41) is 0. The summed E-state index contributed by atoms with van der Waals surface area (Å²) in [5.74, 6) is 1.32. The summed E-state index contributed by atoms with van der Waals surface area (Å²) in [6.07, 6.45) is 1.60. The van der Waals surface area contributed by atoms with Gasteiger partial charge >= 0.3 is 0 Å². The molecule has 0 N–H and O–H groups in total. The second-order valence-electron chi connectivity index (χ2n) is 4.53. The van der Waals surface area contributed by atoms with Gasteiger partial charge in [-0.25, -0.2) is 0 Å². The highest BCUT2D eigenvalue weighted by atomic mass is 16.5. The molecule has 1 amide bonds. The first-order valence-corrected chi connectivity index (χ1v) is 6.69. The SMILES string of the molecule is COCCN(Cc1ccco1)C(=O)c1cccc(OC)c1. The van der Waals surface area contributed by atoms with Crippen molar-refractivity contribution in [2.45, 2.75) is 6.54 Å². The van der Waals surface area contributed by atoms with Crippen molar-refractivity contribution >= 4 is 5.91 Å². The van der Waals surface area contributed by atoms with Crippen LogP contribution in [-0.2, 0) is 11.3 Å². The number of nitrogens with zero attached hydrogens (tertiary/aromatic N) is 1. The molecule has 5 heteroatoms. The fraction of sp³-hybridized carbons (Fsp3) is 0.312. The summed E-state index contributed by atoms with van der Waals surface area (Å²) in [7, 11) is 3.19. The van der Waals surface area contributed by atoms with Crippen LogP contribution in [-0.4, -0.2) is 38.2 Å². The molecule has 21 heavy (non-hydrogen) atoms. The van der Waals surface area contributed by atoms with Gasteiger partial charge in [0.1, 0.15) is 11.5 Å². The normalized spacial score (nSPS) is 10.4. The monoisotopic (exact) mass is 289 g/mol. The molecule has 1 aromatic heterocycles. The topological polar surface area (TPSA) is 51.9 Å². The number of benzene rings is 1. The molecular formula is C16H19NO4. The lowest BCUT2D eigenvalue weighted by molar-refractivity contribution is 0.0666. The Morgan fingerprint density at radius 2 is 2.10 bits per heavy atom. The Bertz CT molecular complexity index is 565. The van der Waals surface area contributed by atoms with Gasteiger partial charge in [0.15, 0.2) is 0 Å². The number of furan rings is 1. The van der Waals surface area contributed by atoms with E-state index >= 15 is 0 Å². The summed E-state index contributed by atoms with van der Waals surface area (Å²) in [4.78, 5) is 14.3. The molecule has 112 valence electrons. The molecule has 0 saturated heterocycles. The fourth-order valence-electron chi connectivity index (χ4n) is 1.98. The molecule has 1 aromatic carbocycles. The van der Waals surface area contributed by atoms with Crippen LogP contribution in [0.3, 0.4) is 0 Å². The highest BCUT2D eigenvalue weighted by molar-refractivity contribution is 5.94. The third-order valence-electron chi connectivity index (χ3n) is 3.10. The third kappa shape index (κ3) is 4.10. The Morgan fingerprint density at radius 3 is 2.76 bits per heavy atom. The van der Waals surface area contributed by atoms with Crippen LogP contribution < -0.4 is 4.74 Å². The molecule has 2 aromatic rings. The second kappa shape index (κ2) is 7.50. The molecule has 1 heterocycles. The lowest BCUT2D eigenvalue weighted by Gasteiger charge is -2.21. The molecule has 0 spiro atoms. The van der Waals surface area contributed by atoms with Crippen LogP contribution in [0.4, 0.5) is 0 Å². The summed E-state index contributed by atoms with van der Waals surface area (Å²) >= 11 is 0. The number of methoxy groups -OCH3 is 2. The summed E-state index contributed by atoms with van der Waals surface area (Å²) in [5.41, 5.74) is 0.581. The van der Waals surface area contributed by atoms with Crippen molar-refractivity contribution in [3.05, 3.63) is 54.0 Å². The number of amides is 1. The molecule has 0 aliphatic carbocycles. The van der Waals surface area contributed by atoms with E-state index < -0.39 is 0 Å². The average molecular weight is 289 g/mol. The molecule has 0 bridgehead atoms. The number of hydrogen-bond donors (Lipinski definition) is 0. The van der Waals surface area contributed by atoms with Crippen LogP contribution in [0.25, 0.3) is 0 Å². The Hall–Kier alpha value is -2.27. The molecule has 0 fully saturated rings. The smallest absolute Gasteiger partial charge is 0.254 e. The molecule has 0 radical (unpaired) electrons. The highest BCUT2D eigenvalue weighted by Gasteiger charge is 2.17. The molecule has 2 rings (SSSR count). The van der Waals surface area contributed by atoms with Gasteiger partial charge in [0.25, 0.3) is 5.91 Å². The number of ether oxygens (including phenoxy) is 2. The van der Waals surface area contributed by atoms with Gasteiger partial charge in [-0.15, -0.1) is 0 Å². The Labute approximate surface area is 124 Å². The minimum atomic E-state index is -0.0812. The van der Waals surface area contributed by atoms with Crippen molar-refractivity contribution in [1.82, 2.24) is 4.90 Å². The molecule has 0 atom stereocenters. The van der Waals surface area contributed by atoms with Crippen molar-refractivity contribution in [2.75, 3.05) is 27.4 Å². The number of carbonyl (C=O) groups is 1. The van der Waals surface area contributed by atoms with E-state index in [2.05, 4.69) is 0 Å². The predicted molar refractivity (Wildman–Crippen MR) is 78.3 cm³/mol. The zero-order chi connectivity index (χ0) is 15.1. The van der Waals surface area contributed by atoms with E-state index in [4.69, 9.17) is 13.9 Å². The average Bonchev–Trinajstić information content (AvgIpc) is 3.03. The fourth-order valence-corrected chi connectivity index (χ4v) is 1.98. The molecule has 5 nitrogen and oxygen atoms in total. The van der Waals surface area contributed by atoms with Crippen molar-refractivity contribution in [3.8, 4) is 5.75 Å². The van der Waals surface area contributed by atoms with E-state index in [1.807, 2.05) is 12.1 Å². The lowest BCUT2D eigenvalue weighted by atomic mass is 10.2. The van der Waals surface area contributed by atoms with E-state index in [1.165, 1.54) is 0 Å². The highest BCUT2D eigenvalue weighted by Crippen LogP contribution is 2.16. The van der Waals surface area contributed by atoms with E-state index in [0.717, 1.165) is 5.76 Å². The van der Waals surface area contributed by atoms with E-state index in [-0.39, 0.29) is 5.91 Å². The van der Waals surface area contributed by atoms with Gasteiger partial charge in [-0.05, 0) is 30.3 Å². The molecule has 0 aliphatic rings. The predicted octanol–water partition coefficient (Wildman–Crippen LogP) is 2.58. The Morgan fingerprint density at radius 1 is 1.24 bits per heavy atom. The van der Waals surface area contributed by atoms with E-state index in [0.29, 0.717) is 31.0 Å². The first-order valence-electron chi connectivity index (χ1n) is 6.69. The molecule has 0 unspecified atom stereocenters. The quantitative estimate of drug-likeness (QED) is 0.786. The van der Waals surface area contributed by atoms with Crippen LogP contribution in [0.2, 0.25) is 0 Å². The van der Waals surface area contributed by atoms with Crippen molar-refractivity contribution < 1.29 is 18.7 Å². The van der Waals surface area contributed by atoms with Gasteiger partial charge < -0.3 is 18.8 Å². The number of hydrogen-bond acceptors (Lipinski definition) is 4. The maximum absolute atomic E-state index is 12.6. The van der Waals surface area contributed by atoms with Crippen LogP contribution >= 0.6 is 0 Å². The maximum atomic E-state index is 12.6. The van der Waals surface area contributed by atoms with Crippen molar-refractivity contribution in [2.24, 2.45) is 0 Å². The van der Waals surface area contributed by atoms with Crippen LogP contribution in [0.5, 0.6) is 5.75 Å². The Balaban J connectivity index is 2.15. The lowest BCUT2D eigenvalue weighted by Crippen LogP contribution is -2.33. The van der Waals surface area contributed by atoms with Crippen molar-refractivity contribution in [1.29, 1.82) is 0 Å². The van der Waals surface area contributed by atoms with E-state index in [9.17, 15) is 4.79 Å². The largest absolute Gasteiger partial charge is 0.497 e. The first-order chi connectivity index (χ1) is 10.2. The Kier molecular flexibility index (Phi) is 5.40. The second-order valence-corrected chi connectivity index (χ2v) is 4.53. The zero-order valence-corrected chi connectivity index (χ0v) is 12.2. The van der Waals surface area contributed by atoms with Crippen LogP contribution in [0.15, 0.2) is 47.1 Å². The van der Waals surface area contributed by atoms with Crippen LogP contribution in [0.1, 0.15) is 16.1 Å². The molecule has 0 saturated carbocycles. The minimum Gasteiger partial charge on any atom is -0.497 e. The van der Waals surface area contributed by atoms with Crippen LogP contribution in [0, 0.1) is 0 Å². The van der Waals surface area contributed by atoms with Gasteiger partial charge in [-0.3, -0.25) is 4.79 Å². The first kappa shape index (κ1) is 15.1. The third-order valence-corrected chi connectivity index (χ3v) is 3.10.